The average molecular weight is 225 g/mol. The van der Waals surface area contributed by atoms with Crippen LogP contribution < -0.4 is 0 Å². The zero-order valence-corrected chi connectivity index (χ0v) is 11.3. The lowest BCUT2D eigenvalue weighted by molar-refractivity contribution is 0.623. The highest BCUT2D eigenvalue weighted by Crippen LogP contribution is 2.23. The minimum atomic E-state index is -0.390. The molecule has 0 aromatic carbocycles. The van der Waals surface area contributed by atoms with E-state index in [1.807, 2.05) is 6.08 Å². The van der Waals surface area contributed by atoms with E-state index in [0.29, 0.717) is 0 Å². The van der Waals surface area contributed by atoms with Gasteiger partial charge in [-0.25, -0.2) is 0 Å². The molecule has 0 heterocycles. The first-order valence-electron chi connectivity index (χ1n) is 4.55. The third kappa shape index (κ3) is 10.5. The average Bonchev–Trinajstić information content (AvgIpc) is 1.94. The van der Waals surface area contributed by atoms with Gasteiger partial charge in [-0.3, -0.25) is 0 Å². The standard InChI is InChI=1S/C9H18Cl2Si/c1-2-3-4-5-6-7-8-9(10,11)12/h2H,1,3-8H2,12H3. The van der Waals surface area contributed by atoms with Crippen molar-refractivity contribution >= 4 is 33.4 Å². The molecular weight excluding hydrogens is 207 g/mol. The lowest BCUT2D eigenvalue weighted by Crippen LogP contribution is -2.11. The maximum absolute atomic E-state index is 5.88. The molecule has 0 nitrogen and oxygen atoms in total. The normalized spacial score (nSPS) is 11.8. The molecule has 0 aliphatic heterocycles. The monoisotopic (exact) mass is 224 g/mol. The number of halogens is 2. The zero-order chi connectivity index (χ0) is 9.45. The molecule has 0 aliphatic rings. The Morgan fingerprint density at radius 3 is 2.25 bits per heavy atom. The van der Waals surface area contributed by atoms with Crippen LogP contribution in [-0.4, -0.2) is 14.2 Å². The van der Waals surface area contributed by atoms with Crippen molar-refractivity contribution in [3.05, 3.63) is 12.7 Å². The van der Waals surface area contributed by atoms with Gasteiger partial charge in [0, 0.05) is 10.2 Å². The summed E-state index contributed by atoms with van der Waals surface area (Å²) in [6.45, 7) is 3.68. The Morgan fingerprint density at radius 2 is 1.75 bits per heavy atom. The van der Waals surface area contributed by atoms with Gasteiger partial charge in [0.25, 0.3) is 0 Å². The van der Waals surface area contributed by atoms with Gasteiger partial charge in [-0.1, -0.05) is 25.3 Å². The largest absolute Gasteiger partial charge is 0.107 e. The third-order valence-electron chi connectivity index (χ3n) is 1.77. The second kappa shape index (κ2) is 6.99. The van der Waals surface area contributed by atoms with Crippen LogP contribution in [0.4, 0.5) is 0 Å². The fourth-order valence-corrected chi connectivity index (χ4v) is 1.70. The first-order chi connectivity index (χ1) is 5.56. The fraction of sp³-hybridized carbons (Fsp3) is 0.778. The summed E-state index contributed by atoms with van der Waals surface area (Å²) < 4.78 is -0.390. The molecule has 0 saturated carbocycles. The first kappa shape index (κ1) is 12.5. The Kier molecular flexibility index (Phi) is 7.30. The molecule has 0 aliphatic carbocycles. The summed E-state index contributed by atoms with van der Waals surface area (Å²) in [6.07, 6.45) is 8.99. The Labute approximate surface area is 88.7 Å². The molecule has 0 aromatic rings. The van der Waals surface area contributed by atoms with E-state index < -0.39 is 3.96 Å². The molecule has 0 amide bonds. The number of hydrogen-bond acceptors (Lipinski definition) is 0. The van der Waals surface area contributed by atoms with Crippen LogP contribution in [0.5, 0.6) is 0 Å². The summed E-state index contributed by atoms with van der Waals surface area (Å²) in [6, 6.07) is 0. The molecule has 72 valence electrons. The van der Waals surface area contributed by atoms with Crippen LogP contribution in [0.15, 0.2) is 12.7 Å². The van der Waals surface area contributed by atoms with Gasteiger partial charge in [0.1, 0.15) is 0 Å². The summed E-state index contributed by atoms with van der Waals surface area (Å²) in [5, 5.41) is 0. The van der Waals surface area contributed by atoms with Crippen LogP contribution in [0.1, 0.15) is 38.5 Å². The van der Waals surface area contributed by atoms with Gasteiger partial charge in [0.2, 0.25) is 0 Å². The number of alkyl halides is 2. The SMILES string of the molecule is C=CCCCCCCC([SiH3])(Cl)Cl. The fourth-order valence-electron chi connectivity index (χ4n) is 1.08. The summed E-state index contributed by atoms with van der Waals surface area (Å²) >= 11 is 11.8. The van der Waals surface area contributed by atoms with E-state index in [9.17, 15) is 0 Å². The van der Waals surface area contributed by atoms with Gasteiger partial charge in [0.05, 0.1) is 3.96 Å². The highest BCUT2D eigenvalue weighted by Gasteiger charge is 2.14. The molecule has 0 aromatic heterocycles. The molecular formula is C9H18Cl2Si. The minimum Gasteiger partial charge on any atom is -0.107 e. The molecule has 0 atom stereocenters. The summed E-state index contributed by atoms with van der Waals surface area (Å²) in [7, 11) is 0.863. The topological polar surface area (TPSA) is 0 Å². The maximum Gasteiger partial charge on any atom is 0.0972 e. The second-order valence-corrected chi connectivity index (χ2v) is 8.15. The highest BCUT2D eigenvalue weighted by atomic mass is 35.5. The van der Waals surface area contributed by atoms with Crippen molar-refractivity contribution in [2.45, 2.75) is 42.5 Å². The number of unbranched alkanes of at least 4 members (excludes halogenated alkanes) is 4. The zero-order valence-electron chi connectivity index (χ0n) is 7.78. The molecule has 0 bridgehead atoms. The summed E-state index contributed by atoms with van der Waals surface area (Å²) in [4.78, 5) is 0. The lowest BCUT2D eigenvalue weighted by atomic mass is 10.1. The Bertz CT molecular complexity index is 118. The molecule has 0 unspecified atom stereocenters. The predicted octanol–water partition coefficient (Wildman–Crippen LogP) is 3.01. The Balaban J connectivity index is 3.06. The van der Waals surface area contributed by atoms with E-state index in [4.69, 9.17) is 23.2 Å². The lowest BCUT2D eigenvalue weighted by Gasteiger charge is -2.11. The van der Waals surface area contributed by atoms with E-state index in [0.717, 1.165) is 29.5 Å². The number of rotatable bonds is 7. The Morgan fingerprint density at radius 1 is 1.17 bits per heavy atom. The van der Waals surface area contributed by atoms with E-state index in [2.05, 4.69) is 6.58 Å². The molecule has 0 radical (unpaired) electrons. The van der Waals surface area contributed by atoms with Crippen LogP contribution in [-0.2, 0) is 0 Å². The van der Waals surface area contributed by atoms with Crippen molar-refractivity contribution in [2.24, 2.45) is 0 Å². The van der Waals surface area contributed by atoms with Gasteiger partial charge in [0.15, 0.2) is 0 Å². The molecule has 0 fully saturated rings. The van der Waals surface area contributed by atoms with Crippen molar-refractivity contribution < 1.29 is 0 Å². The smallest absolute Gasteiger partial charge is 0.0972 e. The molecule has 0 saturated heterocycles. The molecule has 0 spiro atoms. The number of hydrogen-bond donors (Lipinski definition) is 0. The molecule has 3 heteroatoms. The van der Waals surface area contributed by atoms with E-state index in [1.165, 1.54) is 19.3 Å². The summed E-state index contributed by atoms with van der Waals surface area (Å²) in [5.41, 5.74) is 0. The molecule has 12 heavy (non-hydrogen) atoms. The molecule has 0 rings (SSSR count). The number of allylic oxidation sites excluding steroid dienone is 1. The third-order valence-corrected chi connectivity index (χ3v) is 2.65. The maximum atomic E-state index is 5.88. The predicted molar refractivity (Wildman–Crippen MR) is 62.3 cm³/mol. The van der Waals surface area contributed by atoms with Gasteiger partial charge >= 0.3 is 0 Å². The van der Waals surface area contributed by atoms with Gasteiger partial charge in [-0.05, 0) is 19.3 Å². The van der Waals surface area contributed by atoms with Gasteiger partial charge < -0.3 is 0 Å². The quantitative estimate of drug-likeness (QED) is 0.270. The van der Waals surface area contributed by atoms with Crippen LogP contribution in [0, 0.1) is 0 Å². The van der Waals surface area contributed by atoms with E-state index in [1.54, 1.807) is 0 Å². The second-order valence-electron chi connectivity index (χ2n) is 3.31. The van der Waals surface area contributed by atoms with Crippen molar-refractivity contribution in [3.8, 4) is 0 Å². The first-order valence-corrected chi connectivity index (χ1v) is 6.30. The van der Waals surface area contributed by atoms with Crippen molar-refractivity contribution in [1.82, 2.24) is 0 Å². The summed E-state index contributed by atoms with van der Waals surface area (Å²) in [5.74, 6) is 0. The molecule has 0 N–H and O–H groups in total. The van der Waals surface area contributed by atoms with Crippen LogP contribution in [0.3, 0.4) is 0 Å². The van der Waals surface area contributed by atoms with Crippen LogP contribution in [0.2, 0.25) is 0 Å². The highest BCUT2D eigenvalue weighted by molar-refractivity contribution is 6.65. The van der Waals surface area contributed by atoms with Crippen LogP contribution in [0.25, 0.3) is 0 Å². The van der Waals surface area contributed by atoms with E-state index >= 15 is 0 Å². The Hall–Kier alpha value is 0.537. The van der Waals surface area contributed by atoms with Gasteiger partial charge in [-0.15, -0.1) is 29.8 Å². The van der Waals surface area contributed by atoms with Crippen molar-refractivity contribution in [3.63, 3.8) is 0 Å². The van der Waals surface area contributed by atoms with Crippen molar-refractivity contribution in [2.75, 3.05) is 0 Å². The van der Waals surface area contributed by atoms with Crippen molar-refractivity contribution in [1.29, 1.82) is 0 Å². The van der Waals surface area contributed by atoms with E-state index in [-0.39, 0.29) is 0 Å². The van der Waals surface area contributed by atoms with Gasteiger partial charge in [-0.2, -0.15) is 0 Å². The van der Waals surface area contributed by atoms with Crippen LogP contribution >= 0.6 is 23.2 Å². The minimum absolute atomic E-state index is 0.390.